The van der Waals surface area contributed by atoms with Gasteiger partial charge in [0.15, 0.2) is 0 Å². The first kappa shape index (κ1) is 25.9. The van der Waals surface area contributed by atoms with Crippen LogP contribution in [0.5, 0.6) is 5.75 Å². The Morgan fingerprint density at radius 2 is 1.76 bits per heavy atom. The van der Waals surface area contributed by atoms with Crippen LogP contribution in [-0.4, -0.2) is 35.6 Å². The van der Waals surface area contributed by atoms with Crippen molar-refractivity contribution in [2.75, 3.05) is 11.4 Å². The molecule has 38 heavy (non-hydrogen) atoms. The van der Waals surface area contributed by atoms with Crippen LogP contribution in [-0.2, 0) is 11.3 Å². The number of alkyl halides is 2. The minimum Gasteiger partial charge on any atom is -0.435 e. The molecule has 198 valence electrons. The summed E-state index contributed by atoms with van der Waals surface area (Å²) in [5.74, 6) is -1.02. The number of benzene rings is 2. The summed E-state index contributed by atoms with van der Waals surface area (Å²) in [7, 11) is 0. The SMILES string of the molecule is Cc1ccn(CC2CC2)c(=O)c1N1C[C@@H](c2ccc(Cl)cc2)C(NC(=O)c2ccc(OC(F)F)cc2)C1=O. The number of nitrogens with one attached hydrogen (secondary N) is 1. The molecule has 1 N–H and O–H groups in total. The molecule has 2 atom stereocenters. The molecule has 1 aromatic heterocycles. The molecule has 10 heteroatoms. The van der Waals surface area contributed by atoms with Gasteiger partial charge in [0.25, 0.3) is 11.5 Å². The van der Waals surface area contributed by atoms with E-state index in [2.05, 4.69) is 10.1 Å². The Morgan fingerprint density at radius 1 is 1.08 bits per heavy atom. The molecule has 2 aromatic carbocycles. The summed E-state index contributed by atoms with van der Waals surface area (Å²) in [6.45, 7) is -0.388. The van der Waals surface area contributed by atoms with Crippen LogP contribution in [0.1, 0.15) is 40.2 Å². The third-order valence-corrected chi connectivity index (χ3v) is 7.26. The summed E-state index contributed by atoms with van der Waals surface area (Å²) in [5.41, 5.74) is 1.70. The highest BCUT2D eigenvalue weighted by Gasteiger charge is 2.44. The predicted octanol–water partition coefficient (Wildman–Crippen LogP) is 4.75. The fourth-order valence-corrected chi connectivity index (χ4v) is 4.95. The van der Waals surface area contributed by atoms with Gasteiger partial charge in [-0.25, -0.2) is 0 Å². The van der Waals surface area contributed by atoms with Gasteiger partial charge in [-0.3, -0.25) is 14.4 Å². The van der Waals surface area contributed by atoms with Gasteiger partial charge in [0.1, 0.15) is 17.5 Å². The molecule has 3 aromatic rings. The first-order valence-electron chi connectivity index (χ1n) is 12.3. The summed E-state index contributed by atoms with van der Waals surface area (Å²) >= 11 is 6.07. The Labute approximate surface area is 223 Å². The van der Waals surface area contributed by atoms with Crippen LogP contribution in [0.2, 0.25) is 5.02 Å². The zero-order valence-corrected chi connectivity index (χ0v) is 21.3. The normalized spacial score (nSPS) is 19.2. The number of halogens is 3. The smallest absolute Gasteiger partial charge is 0.387 e. The van der Waals surface area contributed by atoms with Gasteiger partial charge >= 0.3 is 6.61 Å². The number of anilines is 1. The van der Waals surface area contributed by atoms with Gasteiger partial charge in [0.2, 0.25) is 5.91 Å². The summed E-state index contributed by atoms with van der Waals surface area (Å²) in [5, 5.41) is 3.33. The van der Waals surface area contributed by atoms with E-state index in [0.29, 0.717) is 28.7 Å². The van der Waals surface area contributed by atoms with E-state index in [9.17, 15) is 23.2 Å². The van der Waals surface area contributed by atoms with E-state index >= 15 is 0 Å². The van der Waals surface area contributed by atoms with Gasteiger partial charge in [0.05, 0.1) is 0 Å². The number of rotatable bonds is 8. The number of hydrogen-bond donors (Lipinski definition) is 1. The van der Waals surface area contributed by atoms with Crippen molar-refractivity contribution < 1.29 is 23.1 Å². The molecule has 2 fully saturated rings. The van der Waals surface area contributed by atoms with Crippen LogP contribution < -0.4 is 20.5 Å². The Hall–Kier alpha value is -3.72. The monoisotopic (exact) mass is 541 g/mol. The van der Waals surface area contributed by atoms with Crippen molar-refractivity contribution in [2.45, 2.75) is 44.9 Å². The number of aryl methyl sites for hydroxylation is 1. The van der Waals surface area contributed by atoms with E-state index < -0.39 is 30.4 Å². The van der Waals surface area contributed by atoms with E-state index in [1.807, 2.05) is 6.07 Å². The van der Waals surface area contributed by atoms with Crippen molar-refractivity contribution in [2.24, 2.45) is 5.92 Å². The number of nitrogens with zero attached hydrogens (tertiary/aromatic N) is 2. The second-order valence-corrected chi connectivity index (χ2v) is 10.1. The van der Waals surface area contributed by atoms with Crippen molar-refractivity contribution in [1.29, 1.82) is 0 Å². The molecule has 2 aliphatic rings. The minimum absolute atomic E-state index is 0.0826. The largest absolute Gasteiger partial charge is 0.435 e. The van der Waals surface area contributed by atoms with E-state index in [1.165, 1.54) is 29.2 Å². The van der Waals surface area contributed by atoms with E-state index in [1.54, 1.807) is 42.0 Å². The number of ether oxygens (including phenoxy) is 1. The lowest BCUT2D eigenvalue weighted by Crippen LogP contribution is -2.44. The van der Waals surface area contributed by atoms with E-state index in [-0.39, 0.29) is 23.4 Å². The van der Waals surface area contributed by atoms with Gasteiger partial charge in [-0.1, -0.05) is 23.7 Å². The summed E-state index contributed by atoms with van der Waals surface area (Å²) in [6, 6.07) is 13.1. The first-order valence-corrected chi connectivity index (χ1v) is 12.7. The molecular weight excluding hydrogens is 516 g/mol. The van der Waals surface area contributed by atoms with Gasteiger partial charge < -0.3 is 19.5 Å². The number of carbonyl (C=O) groups excluding carboxylic acids is 2. The van der Waals surface area contributed by atoms with Crippen LogP contribution in [0.15, 0.2) is 65.6 Å². The quantitative estimate of drug-likeness (QED) is 0.446. The molecule has 1 saturated carbocycles. The standard InChI is InChI=1S/C28H26ClF2N3O4/c1-16-12-13-33(14-17-2-3-17)27(37)24(16)34-15-22(18-4-8-20(29)9-5-18)23(26(34)36)32-25(35)19-6-10-21(11-7-19)38-28(30)31/h4-13,17,22-23,28H,2-3,14-15H2,1H3,(H,32,35)/t22-,23?/m0/s1. The maximum Gasteiger partial charge on any atom is 0.387 e. The Kier molecular flexibility index (Phi) is 7.21. The second-order valence-electron chi connectivity index (χ2n) is 9.71. The van der Waals surface area contributed by atoms with Crippen molar-refractivity contribution in [3.63, 3.8) is 0 Å². The van der Waals surface area contributed by atoms with Crippen molar-refractivity contribution in [3.8, 4) is 5.75 Å². The zero-order valence-electron chi connectivity index (χ0n) is 20.6. The fraction of sp³-hybridized carbons (Fsp3) is 0.321. The number of carbonyl (C=O) groups is 2. The Balaban J connectivity index is 1.46. The van der Waals surface area contributed by atoms with Crippen molar-refractivity contribution in [3.05, 3.63) is 92.9 Å². The van der Waals surface area contributed by atoms with Crippen molar-refractivity contribution >= 4 is 29.1 Å². The molecule has 7 nitrogen and oxygen atoms in total. The molecule has 5 rings (SSSR count). The molecule has 1 aliphatic heterocycles. The van der Waals surface area contributed by atoms with Gasteiger partial charge in [-0.2, -0.15) is 8.78 Å². The minimum atomic E-state index is -2.98. The number of hydrogen-bond acceptors (Lipinski definition) is 4. The average molecular weight is 542 g/mol. The van der Waals surface area contributed by atoms with Crippen LogP contribution in [0, 0.1) is 12.8 Å². The van der Waals surface area contributed by atoms with E-state index in [0.717, 1.165) is 18.4 Å². The summed E-state index contributed by atoms with van der Waals surface area (Å²) in [6.07, 6.45) is 3.93. The van der Waals surface area contributed by atoms with Crippen molar-refractivity contribution in [1.82, 2.24) is 9.88 Å². The lowest BCUT2D eigenvalue weighted by molar-refractivity contribution is -0.118. The third kappa shape index (κ3) is 5.43. The second kappa shape index (κ2) is 10.6. The number of amides is 2. The molecule has 0 spiro atoms. The number of pyridine rings is 1. The molecule has 2 amide bonds. The average Bonchev–Trinajstić information content (AvgIpc) is 3.65. The van der Waals surface area contributed by atoms with Crippen LogP contribution in [0.3, 0.4) is 0 Å². The lowest BCUT2D eigenvalue weighted by atomic mass is 9.94. The highest BCUT2D eigenvalue weighted by Crippen LogP contribution is 2.34. The van der Waals surface area contributed by atoms with Gasteiger partial charge in [0, 0.05) is 35.8 Å². The molecule has 1 unspecified atom stereocenters. The maximum absolute atomic E-state index is 13.8. The van der Waals surface area contributed by atoms with Crippen LogP contribution >= 0.6 is 11.6 Å². The number of aromatic nitrogens is 1. The first-order chi connectivity index (χ1) is 18.2. The molecule has 1 aliphatic carbocycles. The van der Waals surface area contributed by atoms with Crippen LogP contribution in [0.25, 0.3) is 0 Å². The van der Waals surface area contributed by atoms with Gasteiger partial charge in [-0.15, -0.1) is 0 Å². The molecule has 2 heterocycles. The van der Waals surface area contributed by atoms with Crippen LogP contribution in [0.4, 0.5) is 14.5 Å². The predicted molar refractivity (Wildman–Crippen MR) is 139 cm³/mol. The maximum atomic E-state index is 13.8. The highest BCUT2D eigenvalue weighted by molar-refractivity contribution is 6.30. The summed E-state index contributed by atoms with van der Waals surface area (Å²) < 4.78 is 30.9. The summed E-state index contributed by atoms with van der Waals surface area (Å²) in [4.78, 5) is 41.8. The molecule has 0 radical (unpaired) electrons. The van der Waals surface area contributed by atoms with E-state index in [4.69, 9.17) is 11.6 Å². The lowest BCUT2D eigenvalue weighted by Gasteiger charge is -2.20. The third-order valence-electron chi connectivity index (χ3n) is 7.00. The molecule has 1 saturated heterocycles. The molecular formula is C28H26ClF2N3O4. The van der Waals surface area contributed by atoms with Gasteiger partial charge in [-0.05, 0) is 79.3 Å². The Morgan fingerprint density at radius 3 is 2.39 bits per heavy atom. The highest BCUT2D eigenvalue weighted by atomic mass is 35.5. The topological polar surface area (TPSA) is 80.6 Å². The zero-order chi connectivity index (χ0) is 27.0. The Bertz CT molecular complexity index is 1410. The fourth-order valence-electron chi connectivity index (χ4n) is 4.82. The molecule has 0 bridgehead atoms.